The van der Waals surface area contributed by atoms with Crippen molar-refractivity contribution in [1.29, 1.82) is 0 Å². The molecular formula is C81H154O17P2. The van der Waals surface area contributed by atoms with Crippen LogP contribution >= 0.6 is 15.6 Å². The van der Waals surface area contributed by atoms with Crippen LogP contribution in [0.15, 0.2) is 24.3 Å². The first-order chi connectivity index (χ1) is 48.2. The number of aliphatic hydroxyl groups excluding tert-OH is 1. The highest BCUT2D eigenvalue weighted by Crippen LogP contribution is 2.45. The SMILES string of the molecule is CCCCCC/C=C\C=C/CCCCCCCC(=O)OC[C@H](COP(=O)(O)OCC(O)COP(=O)(O)OC[C@@H](COC(=O)CCCCCCCCCCC(C)C)OC(=O)CCCCCCCCCCCCC(C)C)OC(=O)CCCCCCCCCCCCCCCCCCCCC(C)C. The van der Waals surface area contributed by atoms with E-state index in [0.29, 0.717) is 25.7 Å². The molecule has 19 heteroatoms. The van der Waals surface area contributed by atoms with E-state index in [4.69, 9.17) is 37.0 Å². The Labute approximate surface area is 612 Å². The zero-order chi connectivity index (χ0) is 73.7. The number of carbonyl (C=O) groups excluding carboxylic acids is 4. The molecule has 100 heavy (non-hydrogen) atoms. The first-order valence-corrected chi connectivity index (χ1v) is 44.2. The van der Waals surface area contributed by atoms with E-state index in [1.54, 1.807) is 0 Å². The van der Waals surface area contributed by atoms with Crippen molar-refractivity contribution in [3.63, 3.8) is 0 Å². The average Bonchev–Trinajstić information content (AvgIpc) is 1.02. The van der Waals surface area contributed by atoms with Gasteiger partial charge in [0.15, 0.2) is 12.2 Å². The molecule has 5 atom stereocenters. The van der Waals surface area contributed by atoms with Crippen molar-refractivity contribution < 1.29 is 80.2 Å². The van der Waals surface area contributed by atoms with Crippen molar-refractivity contribution in [3.8, 4) is 0 Å². The van der Waals surface area contributed by atoms with E-state index in [1.807, 2.05) is 0 Å². The third-order valence-electron chi connectivity index (χ3n) is 18.3. The normalized spacial score (nSPS) is 14.1. The van der Waals surface area contributed by atoms with Gasteiger partial charge in [-0.05, 0) is 69.1 Å². The predicted molar refractivity (Wildman–Crippen MR) is 409 cm³/mol. The van der Waals surface area contributed by atoms with E-state index in [1.165, 1.54) is 186 Å². The maximum Gasteiger partial charge on any atom is 0.472 e. The third kappa shape index (κ3) is 73.8. The molecule has 0 aliphatic rings. The number of aliphatic hydroxyl groups is 1. The average molecular weight is 1460 g/mol. The number of carbonyl (C=O) groups is 4. The van der Waals surface area contributed by atoms with Gasteiger partial charge in [-0.3, -0.25) is 37.3 Å². The molecule has 0 aromatic heterocycles. The van der Waals surface area contributed by atoms with E-state index >= 15 is 0 Å². The van der Waals surface area contributed by atoms with E-state index in [0.717, 1.165) is 127 Å². The van der Waals surface area contributed by atoms with E-state index in [9.17, 15) is 43.2 Å². The van der Waals surface area contributed by atoms with Gasteiger partial charge in [-0.1, -0.05) is 342 Å². The number of esters is 4. The predicted octanol–water partition coefficient (Wildman–Crippen LogP) is 23.7. The lowest BCUT2D eigenvalue weighted by atomic mass is 10.0. The van der Waals surface area contributed by atoms with Crippen LogP contribution in [0, 0.1) is 17.8 Å². The molecule has 590 valence electrons. The monoisotopic (exact) mass is 1460 g/mol. The standard InChI is InChI=1S/C81H154O17P2/c1-8-9-10-11-12-13-14-15-20-24-27-33-41-48-55-62-78(83)91-68-76(97-80(85)64-57-50-43-34-28-25-22-19-17-16-18-21-23-26-31-38-45-52-59-72(2)3)70-95-99(87,88)93-66-75(82)67-94-100(89,90)96-71-77(69-92-79(84)63-56-49-42-37-36-40-47-54-61-74(6)7)98-81(86)65-58-51-44-35-30-29-32-39-46-53-60-73(4)5/h13-15,20,72-77,82H,8-12,16-19,21-71H2,1-7H3,(H,87,88)(H,89,90)/b14-13-,20-15-/t75?,76-,77-/m1/s1. The lowest BCUT2D eigenvalue weighted by Gasteiger charge is -2.21. The number of hydrogen-bond acceptors (Lipinski definition) is 15. The Balaban J connectivity index is 5.26. The number of allylic oxidation sites excluding steroid dienone is 4. The number of rotatable bonds is 77. The second-order valence-electron chi connectivity index (χ2n) is 29.9. The third-order valence-corrected chi connectivity index (χ3v) is 20.2. The zero-order valence-corrected chi connectivity index (χ0v) is 66.9. The summed E-state index contributed by atoms with van der Waals surface area (Å²) in [4.78, 5) is 73.0. The summed E-state index contributed by atoms with van der Waals surface area (Å²) in [5.41, 5.74) is 0. The molecule has 0 bridgehead atoms. The largest absolute Gasteiger partial charge is 0.472 e. The van der Waals surface area contributed by atoms with Gasteiger partial charge in [0.2, 0.25) is 0 Å². The number of phosphoric acid groups is 2. The summed E-state index contributed by atoms with van der Waals surface area (Å²) in [6, 6.07) is 0. The smallest absolute Gasteiger partial charge is 0.462 e. The van der Waals surface area contributed by atoms with Gasteiger partial charge < -0.3 is 33.8 Å². The van der Waals surface area contributed by atoms with Crippen molar-refractivity contribution in [1.82, 2.24) is 0 Å². The van der Waals surface area contributed by atoms with Crippen LogP contribution < -0.4 is 0 Å². The van der Waals surface area contributed by atoms with Crippen LogP contribution in [0.4, 0.5) is 0 Å². The molecule has 0 spiro atoms. The van der Waals surface area contributed by atoms with Crippen molar-refractivity contribution in [3.05, 3.63) is 24.3 Å². The van der Waals surface area contributed by atoms with Crippen LogP contribution in [0.25, 0.3) is 0 Å². The van der Waals surface area contributed by atoms with Crippen molar-refractivity contribution in [2.45, 2.75) is 414 Å². The summed E-state index contributed by atoms with van der Waals surface area (Å²) in [5.74, 6) is 0.151. The first kappa shape index (κ1) is 97.5. The Morgan fingerprint density at radius 1 is 0.310 bits per heavy atom. The molecular weight excluding hydrogens is 1310 g/mol. The summed E-state index contributed by atoms with van der Waals surface area (Å²) in [6.45, 7) is 11.9. The Morgan fingerprint density at radius 3 is 0.810 bits per heavy atom. The van der Waals surface area contributed by atoms with Gasteiger partial charge >= 0.3 is 39.5 Å². The fourth-order valence-corrected chi connectivity index (χ4v) is 13.5. The van der Waals surface area contributed by atoms with Gasteiger partial charge in [0.25, 0.3) is 0 Å². The zero-order valence-electron chi connectivity index (χ0n) is 65.2. The number of ether oxygens (including phenoxy) is 4. The molecule has 17 nitrogen and oxygen atoms in total. The summed E-state index contributed by atoms with van der Waals surface area (Å²) >= 11 is 0. The van der Waals surface area contributed by atoms with Gasteiger partial charge in [0, 0.05) is 25.7 Å². The number of hydrogen-bond donors (Lipinski definition) is 3. The minimum absolute atomic E-state index is 0.101. The molecule has 0 saturated heterocycles. The summed E-state index contributed by atoms with van der Waals surface area (Å²) in [5, 5.41) is 10.6. The highest BCUT2D eigenvalue weighted by molar-refractivity contribution is 7.47. The molecule has 0 saturated carbocycles. The van der Waals surface area contributed by atoms with Crippen LogP contribution in [0.3, 0.4) is 0 Å². The Bertz CT molecular complexity index is 2030. The quantitative estimate of drug-likeness (QED) is 0.0169. The molecule has 0 amide bonds. The topological polar surface area (TPSA) is 237 Å². The van der Waals surface area contributed by atoms with E-state index in [-0.39, 0.29) is 25.7 Å². The van der Waals surface area contributed by atoms with Gasteiger partial charge in [0.1, 0.15) is 19.3 Å². The van der Waals surface area contributed by atoms with Gasteiger partial charge in [0.05, 0.1) is 26.4 Å². The lowest BCUT2D eigenvalue weighted by Crippen LogP contribution is -2.30. The second-order valence-corrected chi connectivity index (χ2v) is 32.8. The van der Waals surface area contributed by atoms with Crippen LogP contribution in [0.1, 0.15) is 395 Å². The molecule has 3 unspecified atom stereocenters. The van der Waals surface area contributed by atoms with Gasteiger partial charge in [-0.2, -0.15) is 0 Å². The Kier molecular flexibility index (Phi) is 69.1. The summed E-state index contributed by atoms with van der Waals surface area (Å²) in [7, 11) is -9.93. The molecule has 0 rings (SSSR count). The molecule has 3 N–H and O–H groups in total. The minimum atomic E-state index is -4.97. The number of unbranched alkanes of at least 4 members (excludes halogenated alkanes) is 42. The fraction of sp³-hybridized carbons (Fsp3) is 0.901. The van der Waals surface area contributed by atoms with Crippen molar-refractivity contribution in [2.75, 3.05) is 39.6 Å². The molecule has 0 fully saturated rings. The second kappa shape index (κ2) is 70.8. The highest BCUT2D eigenvalue weighted by Gasteiger charge is 2.30. The molecule has 0 aliphatic heterocycles. The maximum atomic E-state index is 13.1. The van der Waals surface area contributed by atoms with Crippen LogP contribution in [0.2, 0.25) is 0 Å². The first-order valence-electron chi connectivity index (χ1n) is 41.2. The van der Waals surface area contributed by atoms with E-state index in [2.05, 4.69) is 72.8 Å². The molecule has 0 aromatic rings. The molecule has 0 aromatic carbocycles. The van der Waals surface area contributed by atoms with Gasteiger partial charge in [-0.15, -0.1) is 0 Å². The maximum absolute atomic E-state index is 13.1. The molecule has 0 radical (unpaired) electrons. The Hall–Kier alpha value is -2.46. The molecule has 0 aliphatic carbocycles. The van der Waals surface area contributed by atoms with Crippen LogP contribution in [-0.4, -0.2) is 96.7 Å². The van der Waals surface area contributed by atoms with Crippen LogP contribution in [0.5, 0.6) is 0 Å². The minimum Gasteiger partial charge on any atom is -0.462 e. The lowest BCUT2D eigenvalue weighted by molar-refractivity contribution is -0.161. The van der Waals surface area contributed by atoms with E-state index < -0.39 is 97.5 Å². The molecule has 0 heterocycles. The summed E-state index contributed by atoms with van der Waals surface area (Å²) < 4.78 is 68.6. The summed E-state index contributed by atoms with van der Waals surface area (Å²) in [6.07, 6.45) is 62.0. The Morgan fingerprint density at radius 2 is 0.540 bits per heavy atom. The van der Waals surface area contributed by atoms with Crippen molar-refractivity contribution in [2.24, 2.45) is 17.8 Å². The van der Waals surface area contributed by atoms with Gasteiger partial charge in [-0.25, -0.2) is 9.13 Å². The van der Waals surface area contributed by atoms with Crippen LogP contribution in [-0.2, 0) is 65.4 Å². The van der Waals surface area contributed by atoms with Crippen molar-refractivity contribution >= 4 is 39.5 Å². The number of phosphoric ester groups is 2. The fourth-order valence-electron chi connectivity index (χ4n) is 11.9. The highest BCUT2D eigenvalue weighted by atomic mass is 31.2.